The lowest BCUT2D eigenvalue weighted by Crippen LogP contribution is -2.43. The van der Waals surface area contributed by atoms with Gasteiger partial charge in [0.1, 0.15) is 0 Å². The molecule has 2 aliphatic rings. The van der Waals surface area contributed by atoms with Gasteiger partial charge in [0.2, 0.25) is 5.91 Å². The van der Waals surface area contributed by atoms with Crippen LogP contribution in [0.3, 0.4) is 0 Å². The van der Waals surface area contributed by atoms with Gasteiger partial charge in [-0.05, 0) is 48.6 Å². The number of nitrogens with one attached hydrogen (secondary N) is 1. The number of hydrogen-bond acceptors (Lipinski definition) is 3. The van der Waals surface area contributed by atoms with E-state index in [4.69, 9.17) is 0 Å². The summed E-state index contributed by atoms with van der Waals surface area (Å²) in [6.07, 6.45) is 3.86. The molecule has 1 N–H and O–H groups in total. The number of thiophene rings is 1. The lowest BCUT2D eigenvalue weighted by molar-refractivity contribution is -0.127. The van der Waals surface area contributed by atoms with Crippen molar-refractivity contribution in [2.75, 3.05) is 13.1 Å². The molecule has 1 atom stereocenters. The van der Waals surface area contributed by atoms with E-state index in [9.17, 15) is 9.59 Å². The van der Waals surface area contributed by atoms with Crippen LogP contribution in [0.15, 0.2) is 47.2 Å². The predicted molar refractivity (Wildman–Crippen MR) is 103 cm³/mol. The molecule has 1 aromatic carbocycles. The molecule has 136 valence electrons. The van der Waals surface area contributed by atoms with E-state index in [0.29, 0.717) is 19.0 Å². The third-order valence-electron chi connectivity index (χ3n) is 5.47. The van der Waals surface area contributed by atoms with E-state index < -0.39 is 0 Å². The van der Waals surface area contributed by atoms with Gasteiger partial charge in [0.15, 0.2) is 0 Å². The Hall–Kier alpha value is -2.14. The zero-order valence-electron chi connectivity index (χ0n) is 14.8. The first-order chi connectivity index (χ1) is 12.7. The second-order valence-corrected chi connectivity index (χ2v) is 8.09. The Labute approximate surface area is 158 Å². The Balaban J connectivity index is 1.34. The van der Waals surface area contributed by atoms with Gasteiger partial charge in [-0.2, -0.15) is 11.3 Å². The zero-order chi connectivity index (χ0) is 17.9. The highest BCUT2D eigenvalue weighted by Gasteiger charge is 2.35. The molecule has 1 saturated carbocycles. The Morgan fingerprint density at radius 2 is 1.77 bits per heavy atom. The summed E-state index contributed by atoms with van der Waals surface area (Å²) in [5, 5.41) is 7.11. The van der Waals surface area contributed by atoms with Crippen molar-refractivity contribution in [3.8, 4) is 0 Å². The van der Waals surface area contributed by atoms with E-state index in [1.807, 2.05) is 39.9 Å². The number of rotatable bonds is 5. The van der Waals surface area contributed by atoms with Crippen LogP contribution in [0.5, 0.6) is 0 Å². The fourth-order valence-electron chi connectivity index (χ4n) is 3.75. The number of carbonyl (C=O) groups is 2. The molecule has 1 aliphatic heterocycles. The SMILES string of the molecule is O=C(NC(c1ccccc1)C1CC1)C1CCN(C(=O)c2ccsc2)CC1. The van der Waals surface area contributed by atoms with Gasteiger partial charge in [-0.15, -0.1) is 0 Å². The fraction of sp³-hybridized carbons (Fsp3) is 0.429. The topological polar surface area (TPSA) is 49.4 Å². The Morgan fingerprint density at radius 3 is 2.38 bits per heavy atom. The molecule has 1 unspecified atom stereocenters. The number of benzene rings is 1. The summed E-state index contributed by atoms with van der Waals surface area (Å²) >= 11 is 1.54. The average molecular weight is 369 g/mol. The standard InChI is InChI=1S/C21H24N2O2S/c24-20(22-19(16-6-7-16)15-4-2-1-3-5-15)17-8-11-23(12-9-17)21(25)18-10-13-26-14-18/h1-5,10,13-14,16-17,19H,6-9,11-12H2,(H,22,24). The number of nitrogens with zero attached hydrogens (tertiary/aromatic N) is 1. The molecule has 1 aromatic heterocycles. The molecular weight excluding hydrogens is 344 g/mol. The van der Waals surface area contributed by atoms with Crippen LogP contribution in [0.2, 0.25) is 0 Å². The van der Waals surface area contributed by atoms with Crippen molar-refractivity contribution in [1.82, 2.24) is 10.2 Å². The largest absolute Gasteiger partial charge is 0.349 e. The van der Waals surface area contributed by atoms with E-state index in [1.54, 1.807) is 0 Å². The van der Waals surface area contributed by atoms with Crippen molar-refractivity contribution in [2.24, 2.45) is 11.8 Å². The second-order valence-electron chi connectivity index (χ2n) is 7.31. The minimum Gasteiger partial charge on any atom is -0.349 e. The van der Waals surface area contributed by atoms with Crippen LogP contribution >= 0.6 is 11.3 Å². The van der Waals surface area contributed by atoms with Crippen LogP contribution in [0, 0.1) is 11.8 Å². The summed E-state index contributed by atoms with van der Waals surface area (Å²) in [4.78, 5) is 27.1. The fourth-order valence-corrected chi connectivity index (χ4v) is 4.38. The first-order valence-electron chi connectivity index (χ1n) is 9.39. The zero-order valence-corrected chi connectivity index (χ0v) is 15.6. The van der Waals surface area contributed by atoms with Crippen LogP contribution in [0.4, 0.5) is 0 Å². The summed E-state index contributed by atoms with van der Waals surface area (Å²) in [5.41, 5.74) is 1.96. The smallest absolute Gasteiger partial charge is 0.254 e. The lowest BCUT2D eigenvalue weighted by Gasteiger charge is -2.32. The van der Waals surface area contributed by atoms with E-state index in [-0.39, 0.29) is 23.8 Å². The highest BCUT2D eigenvalue weighted by molar-refractivity contribution is 7.08. The molecular formula is C21H24N2O2S. The highest BCUT2D eigenvalue weighted by atomic mass is 32.1. The molecule has 2 aromatic rings. The Bertz CT molecular complexity index is 748. The van der Waals surface area contributed by atoms with Crippen LogP contribution in [0.25, 0.3) is 0 Å². The normalized spacial score (nSPS) is 19.2. The first-order valence-corrected chi connectivity index (χ1v) is 10.3. The highest BCUT2D eigenvalue weighted by Crippen LogP contribution is 2.41. The molecule has 0 spiro atoms. The van der Waals surface area contributed by atoms with Crippen molar-refractivity contribution in [1.29, 1.82) is 0 Å². The van der Waals surface area contributed by atoms with Gasteiger partial charge in [0, 0.05) is 24.4 Å². The molecule has 4 nitrogen and oxygen atoms in total. The molecule has 26 heavy (non-hydrogen) atoms. The van der Waals surface area contributed by atoms with E-state index in [1.165, 1.54) is 29.7 Å². The maximum absolute atomic E-state index is 12.8. The lowest BCUT2D eigenvalue weighted by atomic mass is 9.94. The van der Waals surface area contributed by atoms with Gasteiger partial charge in [0.25, 0.3) is 5.91 Å². The van der Waals surface area contributed by atoms with Crippen LogP contribution < -0.4 is 5.32 Å². The summed E-state index contributed by atoms with van der Waals surface area (Å²) in [6.45, 7) is 1.32. The number of likely N-dealkylation sites (tertiary alicyclic amines) is 1. The van der Waals surface area contributed by atoms with Crippen LogP contribution in [0.1, 0.15) is 47.6 Å². The monoisotopic (exact) mass is 368 g/mol. The number of carbonyl (C=O) groups excluding carboxylic acids is 2. The average Bonchev–Trinajstić information content (AvgIpc) is 3.39. The van der Waals surface area contributed by atoms with Gasteiger partial charge in [-0.1, -0.05) is 30.3 Å². The third-order valence-corrected chi connectivity index (χ3v) is 6.15. The minimum atomic E-state index is 0.00601. The number of piperidine rings is 1. The van der Waals surface area contributed by atoms with Gasteiger partial charge < -0.3 is 10.2 Å². The van der Waals surface area contributed by atoms with Crippen molar-refractivity contribution in [3.05, 3.63) is 58.3 Å². The Morgan fingerprint density at radius 1 is 1.04 bits per heavy atom. The summed E-state index contributed by atoms with van der Waals surface area (Å²) in [6, 6.07) is 12.3. The van der Waals surface area contributed by atoms with Crippen LogP contribution in [-0.4, -0.2) is 29.8 Å². The van der Waals surface area contributed by atoms with Gasteiger partial charge in [0.05, 0.1) is 11.6 Å². The van der Waals surface area contributed by atoms with Crippen molar-refractivity contribution < 1.29 is 9.59 Å². The Kier molecular flexibility index (Phi) is 5.07. The van der Waals surface area contributed by atoms with Crippen LogP contribution in [-0.2, 0) is 4.79 Å². The van der Waals surface area contributed by atoms with Gasteiger partial charge >= 0.3 is 0 Å². The van der Waals surface area contributed by atoms with Gasteiger partial charge in [-0.25, -0.2) is 0 Å². The van der Waals surface area contributed by atoms with Crippen molar-refractivity contribution in [3.63, 3.8) is 0 Å². The van der Waals surface area contributed by atoms with Gasteiger partial charge in [-0.3, -0.25) is 9.59 Å². The first kappa shape index (κ1) is 17.3. The maximum Gasteiger partial charge on any atom is 0.254 e. The molecule has 2 fully saturated rings. The molecule has 0 radical (unpaired) electrons. The molecule has 0 bridgehead atoms. The molecule has 1 aliphatic carbocycles. The summed E-state index contributed by atoms with van der Waals surface area (Å²) < 4.78 is 0. The predicted octanol–water partition coefficient (Wildman–Crippen LogP) is 3.87. The summed E-state index contributed by atoms with van der Waals surface area (Å²) in [7, 11) is 0. The van der Waals surface area contributed by atoms with E-state index in [2.05, 4.69) is 17.4 Å². The molecule has 2 amide bonds. The summed E-state index contributed by atoms with van der Waals surface area (Å²) in [5.74, 6) is 0.812. The number of hydrogen-bond donors (Lipinski definition) is 1. The van der Waals surface area contributed by atoms with E-state index >= 15 is 0 Å². The van der Waals surface area contributed by atoms with Crippen molar-refractivity contribution in [2.45, 2.75) is 31.7 Å². The van der Waals surface area contributed by atoms with Crippen molar-refractivity contribution >= 4 is 23.2 Å². The molecule has 5 heteroatoms. The molecule has 4 rings (SSSR count). The molecule has 1 saturated heterocycles. The minimum absolute atomic E-state index is 0.00601. The quantitative estimate of drug-likeness (QED) is 0.871. The van der Waals surface area contributed by atoms with E-state index in [0.717, 1.165) is 18.4 Å². The number of amides is 2. The molecule has 2 heterocycles. The maximum atomic E-state index is 12.8. The third kappa shape index (κ3) is 3.83. The second kappa shape index (κ2) is 7.62.